The Hall–Kier alpha value is -3.00. The third kappa shape index (κ3) is 3.36. The summed E-state index contributed by atoms with van der Waals surface area (Å²) < 4.78 is 7.82. The zero-order valence-corrected chi connectivity index (χ0v) is 14.5. The molecule has 26 heavy (non-hydrogen) atoms. The van der Waals surface area contributed by atoms with Crippen molar-refractivity contribution in [2.24, 2.45) is 7.05 Å². The van der Waals surface area contributed by atoms with Gasteiger partial charge in [0.25, 0.3) is 5.91 Å². The van der Waals surface area contributed by atoms with Crippen molar-refractivity contribution in [2.45, 2.75) is 19.1 Å². The standard InChI is InChI=1S/C18H20N6O2/c1-24-11-23-15-6-13(8-21-17(15)24)18(25)22-7-12-2-4-20-10-16(12)26-14-3-5-19-9-14/h2,4,6,8,10-11,14,19H,3,5,7,9H2,1H3,(H,22,25)/t14-/m0/s1. The molecule has 1 aliphatic rings. The molecular formula is C18H20N6O2. The number of nitrogens with one attached hydrogen (secondary N) is 2. The summed E-state index contributed by atoms with van der Waals surface area (Å²) in [6.45, 7) is 2.15. The Bertz CT molecular complexity index is 932. The van der Waals surface area contributed by atoms with E-state index in [1.807, 2.05) is 17.7 Å². The van der Waals surface area contributed by atoms with Gasteiger partial charge in [0, 0.05) is 38.1 Å². The van der Waals surface area contributed by atoms with Crippen LogP contribution < -0.4 is 15.4 Å². The summed E-state index contributed by atoms with van der Waals surface area (Å²) in [7, 11) is 1.87. The van der Waals surface area contributed by atoms with Gasteiger partial charge in [0.1, 0.15) is 17.4 Å². The average Bonchev–Trinajstić information content (AvgIpc) is 3.30. The Kier molecular flexibility index (Phi) is 4.49. The number of hydrogen-bond donors (Lipinski definition) is 2. The van der Waals surface area contributed by atoms with E-state index in [1.165, 1.54) is 0 Å². The normalized spacial score (nSPS) is 16.7. The summed E-state index contributed by atoms with van der Waals surface area (Å²) in [5, 5.41) is 6.19. The number of pyridine rings is 2. The van der Waals surface area contributed by atoms with Gasteiger partial charge in [-0.1, -0.05) is 0 Å². The molecule has 0 aliphatic carbocycles. The smallest absolute Gasteiger partial charge is 0.253 e. The van der Waals surface area contributed by atoms with Crippen LogP contribution in [0.2, 0.25) is 0 Å². The summed E-state index contributed by atoms with van der Waals surface area (Å²) in [6.07, 6.45) is 7.75. The van der Waals surface area contributed by atoms with Gasteiger partial charge in [-0.3, -0.25) is 9.78 Å². The van der Waals surface area contributed by atoms with E-state index in [2.05, 4.69) is 25.6 Å². The van der Waals surface area contributed by atoms with Crippen molar-refractivity contribution >= 4 is 17.1 Å². The molecule has 134 valence electrons. The molecule has 0 spiro atoms. The van der Waals surface area contributed by atoms with Crippen molar-refractivity contribution in [2.75, 3.05) is 13.1 Å². The van der Waals surface area contributed by atoms with Crippen LogP contribution in [-0.4, -0.2) is 44.6 Å². The number of aromatic nitrogens is 4. The third-order valence-corrected chi connectivity index (χ3v) is 4.43. The molecule has 4 rings (SSSR count). The first-order valence-electron chi connectivity index (χ1n) is 8.56. The zero-order valence-electron chi connectivity index (χ0n) is 14.5. The third-order valence-electron chi connectivity index (χ3n) is 4.43. The molecule has 1 saturated heterocycles. The topological polar surface area (TPSA) is 94.0 Å². The van der Waals surface area contributed by atoms with Gasteiger partial charge in [-0.05, 0) is 25.1 Å². The van der Waals surface area contributed by atoms with Crippen molar-refractivity contribution in [1.29, 1.82) is 0 Å². The lowest BCUT2D eigenvalue weighted by atomic mass is 10.2. The summed E-state index contributed by atoms with van der Waals surface area (Å²) in [5.74, 6) is 0.509. The van der Waals surface area contributed by atoms with Crippen LogP contribution in [0.4, 0.5) is 0 Å². The first-order valence-corrected chi connectivity index (χ1v) is 8.56. The summed E-state index contributed by atoms with van der Waals surface area (Å²) in [4.78, 5) is 25.1. The number of aryl methyl sites for hydroxylation is 1. The molecule has 0 bridgehead atoms. The van der Waals surface area contributed by atoms with Crippen LogP contribution in [0.5, 0.6) is 5.75 Å². The quantitative estimate of drug-likeness (QED) is 0.712. The van der Waals surface area contributed by atoms with E-state index in [9.17, 15) is 4.79 Å². The van der Waals surface area contributed by atoms with Gasteiger partial charge in [-0.2, -0.15) is 0 Å². The Balaban J connectivity index is 1.45. The van der Waals surface area contributed by atoms with Crippen LogP contribution in [-0.2, 0) is 13.6 Å². The number of rotatable bonds is 5. The van der Waals surface area contributed by atoms with E-state index in [-0.39, 0.29) is 12.0 Å². The van der Waals surface area contributed by atoms with Gasteiger partial charge in [0.15, 0.2) is 5.65 Å². The van der Waals surface area contributed by atoms with Gasteiger partial charge in [0.2, 0.25) is 0 Å². The molecule has 0 radical (unpaired) electrons. The predicted molar refractivity (Wildman–Crippen MR) is 95.8 cm³/mol. The Morgan fingerprint density at radius 1 is 1.42 bits per heavy atom. The van der Waals surface area contributed by atoms with Crippen LogP contribution >= 0.6 is 0 Å². The van der Waals surface area contributed by atoms with Crippen molar-refractivity contribution in [3.05, 3.63) is 48.2 Å². The number of amides is 1. The second kappa shape index (κ2) is 7.09. The average molecular weight is 352 g/mol. The maximum atomic E-state index is 12.5. The second-order valence-corrected chi connectivity index (χ2v) is 6.32. The molecule has 2 N–H and O–H groups in total. The minimum Gasteiger partial charge on any atom is -0.487 e. The predicted octanol–water partition coefficient (Wildman–Crippen LogP) is 1.03. The first-order chi connectivity index (χ1) is 12.7. The van der Waals surface area contributed by atoms with E-state index in [1.54, 1.807) is 31.0 Å². The van der Waals surface area contributed by atoms with Crippen LogP contribution in [0.1, 0.15) is 22.3 Å². The van der Waals surface area contributed by atoms with Crippen LogP contribution in [0.3, 0.4) is 0 Å². The highest BCUT2D eigenvalue weighted by atomic mass is 16.5. The lowest BCUT2D eigenvalue weighted by Crippen LogP contribution is -2.24. The lowest BCUT2D eigenvalue weighted by molar-refractivity contribution is 0.0950. The molecular weight excluding hydrogens is 332 g/mol. The SMILES string of the molecule is Cn1cnc2cc(C(=O)NCc3ccncc3O[C@H]3CCNC3)cnc21. The lowest BCUT2D eigenvalue weighted by Gasteiger charge is -2.15. The van der Waals surface area contributed by atoms with Crippen molar-refractivity contribution < 1.29 is 9.53 Å². The van der Waals surface area contributed by atoms with E-state index in [0.29, 0.717) is 23.4 Å². The fourth-order valence-electron chi connectivity index (χ4n) is 2.99. The minimum absolute atomic E-state index is 0.143. The molecule has 1 amide bonds. The van der Waals surface area contributed by atoms with E-state index >= 15 is 0 Å². The Morgan fingerprint density at radius 2 is 2.35 bits per heavy atom. The number of fused-ring (bicyclic) bond motifs is 1. The van der Waals surface area contributed by atoms with Gasteiger partial charge < -0.3 is 19.9 Å². The van der Waals surface area contributed by atoms with Gasteiger partial charge in [-0.25, -0.2) is 9.97 Å². The molecule has 1 aliphatic heterocycles. The summed E-state index contributed by atoms with van der Waals surface area (Å²) in [6, 6.07) is 3.60. The van der Waals surface area contributed by atoms with Gasteiger partial charge >= 0.3 is 0 Å². The maximum Gasteiger partial charge on any atom is 0.253 e. The maximum absolute atomic E-state index is 12.5. The van der Waals surface area contributed by atoms with Crippen molar-refractivity contribution in [1.82, 2.24) is 30.2 Å². The largest absolute Gasteiger partial charge is 0.487 e. The van der Waals surface area contributed by atoms with Crippen molar-refractivity contribution in [3.63, 3.8) is 0 Å². The molecule has 1 fully saturated rings. The van der Waals surface area contributed by atoms with Crippen LogP contribution in [0.25, 0.3) is 11.2 Å². The zero-order chi connectivity index (χ0) is 17.9. The monoisotopic (exact) mass is 352 g/mol. The fraction of sp³-hybridized carbons (Fsp3) is 0.333. The van der Waals surface area contributed by atoms with Crippen molar-refractivity contribution in [3.8, 4) is 5.75 Å². The number of imidazole rings is 1. The van der Waals surface area contributed by atoms with E-state index in [4.69, 9.17) is 4.74 Å². The summed E-state index contributed by atoms with van der Waals surface area (Å²) in [5.41, 5.74) is 2.82. The van der Waals surface area contributed by atoms with Crippen LogP contribution in [0.15, 0.2) is 37.1 Å². The molecule has 4 heterocycles. The molecule has 3 aromatic rings. The first kappa shape index (κ1) is 16.5. The second-order valence-electron chi connectivity index (χ2n) is 6.32. The molecule has 0 aromatic carbocycles. The molecule has 8 heteroatoms. The molecule has 1 atom stereocenters. The minimum atomic E-state index is -0.199. The highest BCUT2D eigenvalue weighted by Gasteiger charge is 2.18. The Labute approximate surface area is 150 Å². The molecule has 8 nitrogen and oxygen atoms in total. The highest BCUT2D eigenvalue weighted by Crippen LogP contribution is 2.20. The van der Waals surface area contributed by atoms with E-state index < -0.39 is 0 Å². The van der Waals surface area contributed by atoms with Crippen LogP contribution in [0, 0.1) is 0 Å². The fourth-order valence-corrected chi connectivity index (χ4v) is 2.99. The molecule has 0 saturated carbocycles. The number of nitrogens with zero attached hydrogens (tertiary/aromatic N) is 4. The summed E-state index contributed by atoms with van der Waals surface area (Å²) >= 11 is 0. The number of carbonyl (C=O) groups excluding carboxylic acids is 1. The van der Waals surface area contributed by atoms with Gasteiger partial charge in [0.05, 0.1) is 18.1 Å². The Morgan fingerprint density at radius 3 is 3.19 bits per heavy atom. The number of carbonyl (C=O) groups is 1. The van der Waals surface area contributed by atoms with Gasteiger partial charge in [-0.15, -0.1) is 0 Å². The molecule has 3 aromatic heterocycles. The molecule has 0 unspecified atom stereocenters. The van der Waals surface area contributed by atoms with E-state index in [0.717, 1.165) is 30.7 Å². The number of ether oxygens (including phenoxy) is 1. The highest BCUT2D eigenvalue weighted by molar-refractivity contribution is 5.96. The number of hydrogen-bond acceptors (Lipinski definition) is 6.